The topological polar surface area (TPSA) is 72.8 Å². The number of carbonyl (C=O) groups excluding carboxylic acids is 1. The molecule has 154 valence electrons. The number of rotatable bonds is 2. The molecule has 0 aliphatic carbocycles. The smallest absolute Gasteiger partial charge is 0.250 e. The lowest BCUT2D eigenvalue weighted by Gasteiger charge is -2.43. The minimum atomic E-state index is -0.273. The first-order valence-electron chi connectivity index (χ1n) is 9.94. The third-order valence-electron chi connectivity index (χ3n) is 5.82. The fraction of sp³-hybridized carbons (Fsp3) is 0.318. The summed E-state index contributed by atoms with van der Waals surface area (Å²) in [7, 11) is 0. The van der Waals surface area contributed by atoms with Crippen LogP contribution in [0.3, 0.4) is 0 Å². The number of fused-ring (bicyclic) bond motifs is 5. The fourth-order valence-electron chi connectivity index (χ4n) is 4.48. The zero-order valence-corrected chi connectivity index (χ0v) is 17.1. The monoisotopic (exact) mass is 423 g/mol. The molecule has 1 aromatic heterocycles. The Morgan fingerprint density at radius 1 is 1.13 bits per heavy atom. The van der Waals surface area contributed by atoms with Gasteiger partial charge in [-0.1, -0.05) is 12.1 Å². The fourth-order valence-corrected chi connectivity index (χ4v) is 4.73. The van der Waals surface area contributed by atoms with Crippen LogP contribution in [0.2, 0.25) is 0 Å². The summed E-state index contributed by atoms with van der Waals surface area (Å²) < 4.78 is 12.5. The van der Waals surface area contributed by atoms with E-state index in [4.69, 9.17) is 21.7 Å². The van der Waals surface area contributed by atoms with Gasteiger partial charge in [-0.15, -0.1) is 0 Å². The summed E-state index contributed by atoms with van der Waals surface area (Å²) in [4.78, 5) is 26.6. The molecule has 3 aliphatic heterocycles. The highest BCUT2D eigenvalue weighted by Gasteiger charge is 2.35. The second-order valence-corrected chi connectivity index (χ2v) is 8.23. The van der Waals surface area contributed by atoms with E-state index in [1.54, 1.807) is 12.1 Å². The Kier molecular flexibility index (Phi) is 4.78. The Morgan fingerprint density at radius 2 is 2.00 bits per heavy atom. The van der Waals surface area contributed by atoms with Gasteiger partial charge in [0.25, 0.3) is 5.56 Å². The molecule has 1 saturated heterocycles. The summed E-state index contributed by atoms with van der Waals surface area (Å²) in [6, 6.07) is 11.0. The maximum Gasteiger partial charge on any atom is 0.250 e. The zero-order valence-electron chi connectivity index (χ0n) is 16.2. The number of hydrogen-bond donors (Lipinski definition) is 1. The number of nitrogens with one attached hydrogen (secondary N) is 1. The number of likely N-dealkylation sites (tertiary alicyclic amines) is 1. The highest BCUT2D eigenvalue weighted by molar-refractivity contribution is 7.80. The van der Waals surface area contributed by atoms with E-state index in [0.29, 0.717) is 35.6 Å². The predicted octanol–water partition coefficient (Wildman–Crippen LogP) is 2.11. The summed E-state index contributed by atoms with van der Waals surface area (Å²) in [5.74, 6) is 1.69. The summed E-state index contributed by atoms with van der Waals surface area (Å²) in [5.41, 5.74) is 1.95. The second kappa shape index (κ2) is 7.60. The van der Waals surface area contributed by atoms with E-state index < -0.39 is 0 Å². The van der Waals surface area contributed by atoms with Crippen molar-refractivity contribution in [2.24, 2.45) is 5.92 Å². The van der Waals surface area contributed by atoms with Crippen molar-refractivity contribution in [2.45, 2.75) is 18.9 Å². The number of piperidine rings is 1. The van der Waals surface area contributed by atoms with Gasteiger partial charge in [0.05, 0.1) is 0 Å². The van der Waals surface area contributed by atoms with E-state index in [9.17, 15) is 9.59 Å². The van der Waals surface area contributed by atoms with Gasteiger partial charge in [0.1, 0.15) is 0 Å². The number of benzene rings is 1. The highest BCUT2D eigenvalue weighted by Crippen LogP contribution is 2.35. The first-order valence-corrected chi connectivity index (χ1v) is 10.3. The zero-order chi connectivity index (χ0) is 20.7. The number of aromatic nitrogens is 1. The number of amides is 1. The predicted molar refractivity (Wildman–Crippen MR) is 115 cm³/mol. The van der Waals surface area contributed by atoms with E-state index >= 15 is 0 Å². The molecule has 2 aromatic rings. The van der Waals surface area contributed by atoms with Crippen LogP contribution in [-0.4, -0.2) is 40.4 Å². The third-order valence-corrected chi connectivity index (χ3v) is 6.18. The Labute approximate surface area is 178 Å². The number of thiocarbonyl (C=S) groups is 1. The lowest BCUT2D eigenvalue weighted by atomic mass is 9.83. The van der Waals surface area contributed by atoms with Crippen molar-refractivity contribution in [3.63, 3.8) is 0 Å². The second-order valence-electron chi connectivity index (χ2n) is 7.84. The summed E-state index contributed by atoms with van der Waals surface area (Å²) in [5, 5.41) is 3.23. The molecule has 1 amide bonds. The van der Waals surface area contributed by atoms with Gasteiger partial charge < -0.3 is 18.9 Å². The molecule has 0 unspecified atom stereocenters. The quantitative estimate of drug-likeness (QED) is 0.589. The van der Waals surface area contributed by atoms with Gasteiger partial charge in [0, 0.05) is 43.4 Å². The van der Waals surface area contributed by atoms with Gasteiger partial charge in [0.2, 0.25) is 12.7 Å². The van der Waals surface area contributed by atoms with E-state index in [2.05, 4.69) is 5.32 Å². The lowest BCUT2D eigenvalue weighted by molar-refractivity contribution is -0.115. The summed E-state index contributed by atoms with van der Waals surface area (Å²) >= 11 is 5.50. The van der Waals surface area contributed by atoms with Crippen molar-refractivity contribution < 1.29 is 14.3 Å². The van der Waals surface area contributed by atoms with Gasteiger partial charge in [0.15, 0.2) is 16.6 Å². The number of nitrogens with zero attached hydrogens (tertiary/aromatic N) is 2. The normalized spacial score (nSPS) is 21.4. The van der Waals surface area contributed by atoms with Crippen molar-refractivity contribution >= 4 is 29.3 Å². The maximum absolute atomic E-state index is 12.4. The van der Waals surface area contributed by atoms with E-state index in [-0.39, 0.29) is 24.2 Å². The standard InChI is InChI=1S/C22H21N3O4S/c26-20(7-5-14-4-6-18-19(9-14)29-13-28-18)23-22(30)24-10-15-8-16(12-24)17-2-1-3-21(27)25(17)11-15/h1-7,9,15-16H,8,10-13H2,(H,23,26,30)/b7-5+/t15-,16+/m1/s1. The molecule has 7 nitrogen and oxygen atoms in total. The van der Waals surface area contributed by atoms with Crippen LogP contribution in [0, 0.1) is 5.92 Å². The highest BCUT2D eigenvalue weighted by atomic mass is 32.1. The molecule has 0 spiro atoms. The van der Waals surface area contributed by atoms with Crippen molar-refractivity contribution in [2.75, 3.05) is 19.9 Å². The van der Waals surface area contributed by atoms with Gasteiger partial charge in [-0.2, -0.15) is 0 Å². The molecule has 1 aromatic carbocycles. The first kappa shape index (κ1) is 18.9. The minimum absolute atomic E-state index is 0.0557. The average molecular weight is 423 g/mol. The van der Waals surface area contributed by atoms with Crippen LogP contribution in [0.1, 0.15) is 23.6 Å². The Hall–Kier alpha value is -3.13. The van der Waals surface area contributed by atoms with Crippen LogP contribution >= 0.6 is 12.2 Å². The van der Waals surface area contributed by atoms with Crippen LogP contribution in [-0.2, 0) is 11.3 Å². The summed E-state index contributed by atoms with van der Waals surface area (Å²) in [6.07, 6.45) is 4.22. The SMILES string of the molecule is O=C(/C=C/c1ccc2c(c1)OCO2)NC(=S)N1C[C@H]2C[C@@H](C1)c1cccc(=O)n1C2. The molecular weight excluding hydrogens is 402 g/mol. The molecule has 3 aliphatic rings. The van der Waals surface area contributed by atoms with Crippen molar-refractivity contribution in [3.8, 4) is 11.5 Å². The molecule has 5 rings (SSSR count). The lowest BCUT2D eigenvalue weighted by Crippen LogP contribution is -2.52. The Bertz CT molecular complexity index is 1110. The molecule has 2 bridgehead atoms. The van der Waals surface area contributed by atoms with Crippen molar-refractivity contribution in [3.05, 3.63) is 64.1 Å². The van der Waals surface area contributed by atoms with Gasteiger partial charge in [-0.05, 0) is 54.4 Å². The van der Waals surface area contributed by atoms with E-state index in [1.807, 2.05) is 39.8 Å². The number of hydrogen-bond acceptors (Lipinski definition) is 5. The van der Waals surface area contributed by atoms with Crippen LogP contribution in [0.5, 0.6) is 11.5 Å². The van der Waals surface area contributed by atoms with Gasteiger partial charge in [-0.25, -0.2) is 0 Å². The van der Waals surface area contributed by atoms with Crippen LogP contribution in [0.15, 0.2) is 47.3 Å². The Morgan fingerprint density at radius 3 is 2.90 bits per heavy atom. The molecule has 8 heteroatoms. The molecule has 4 heterocycles. The van der Waals surface area contributed by atoms with E-state index in [1.165, 1.54) is 6.08 Å². The molecule has 1 fully saturated rings. The van der Waals surface area contributed by atoms with Gasteiger partial charge in [-0.3, -0.25) is 14.9 Å². The van der Waals surface area contributed by atoms with Crippen LogP contribution < -0.4 is 20.3 Å². The third kappa shape index (κ3) is 3.59. The van der Waals surface area contributed by atoms with E-state index in [0.717, 1.165) is 24.2 Å². The molecule has 30 heavy (non-hydrogen) atoms. The van der Waals surface area contributed by atoms with Crippen LogP contribution in [0.25, 0.3) is 6.08 Å². The maximum atomic E-state index is 12.4. The molecule has 2 atom stereocenters. The molecule has 0 radical (unpaired) electrons. The largest absolute Gasteiger partial charge is 0.454 e. The van der Waals surface area contributed by atoms with Crippen molar-refractivity contribution in [1.29, 1.82) is 0 Å². The average Bonchev–Trinajstić information content (AvgIpc) is 3.21. The summed E-state index contributed by atoms with van der Waals surface area (Å²) in [6.45, 7) is 2.35. The van der Waals surface area contributed by atoms with Crippen LogP contribution in [0.4, 0.5) is 0 Å². The first-order chi connectivity index (χ1) is 14.6. The van der Waals surface area contributed by atoms with Crippen molar-refractivity contribution in [1.82, 2.24) is 14.8 Å². The molecule has 0 saturated carbocycles. The van der Waals surface area contributed by atoms with Gasteiger partial charge >= 0.3 is 0 Å². The number of carbonyl (C=O) groups is 1. The number of pyridine rings is 1. The molecular formula is C22H21N3O4S. The molecule has 1 N–H and O–H groups in total. The number of ether oxygens (including phenoxy) is 2. The minimum Gasteiger partial charge on any atom is -0.454 e. The Balaban J connectivity index is 1.23.